The third-order valence-corrected chi connectivity index (χ3v) is 4.63. The second-order valence-electron chi connectivity index (χ2n) is 6.53. The molecule has 2 heterocycles. The predicted octanol–water partition coefficient (Wildman–Crippen LogP) is 2.33. The Kier molecular flexibility index (Phi) is 6.33. The average molecular weight is 397 g/mol. The molecule has 8 nitrogen and oxygen atoms in total. The Morgan fingerprint density at radius 2 is 1.97 bits per heavy atom. The van der Waals surface area contributed by atoms with Crippen LogP contribution in [0.1, 0.15) is 27.0 Å². The summed E-state index contributed by atoms with van der Waals surface area (Å²) in [6, 6.07) is 7.40. The van der Waals surface area contributed by atoms with Gasteiger partial charge in [-0.1, -0.05) is 11.2 Å². The lowest BCUT2D eigenvalue weighted by molar-refractivity contribution is 0.0948. The van der Waals surface area contributed by atoms with Gasteiger partial charge < -0.3 is 23.9 Å². The van der Waals surface area contributed by atoms with E-state index in [9.17, 15) is 9.59 Å². The maximum absolute atomic E-state index is 12.9. The minimum Gasteiger partial charge on any atom is -0.493 e. The van der Waals surface area contributed by atoms with Crippen LogP contribution >= 0.6 is 0 Å². The van der Waals surface area contributed by atoms with Crippen LogP contribution in [0.15, 0.2) is 52.2 Å². The summed E-state index contributed by atoms with van der Waals surface area (Å²) in [6.45, 7) is 2.41. The van der Waals surface area contributed by atoms with E-state index in [0.717, 1.165) is 11.1 Å². The predicted molar refractivity (Wildman–Crippen MR) is 106 cm³/mol. The van der Waals surface area contributed by atoms with Crippen molar-refractivity contribution in [1.29, 1.82) is 0 Å². The number of pyridine rings is 1. The second-order valence-corrected chi connectivity index (χ2v) is 6.53. The van der Waals surface area contributed by atoms with Gasteiger partial charge in [0.1, 0.15) is 11.8 Å². The number of methoxy groups -OCH3 is 2. The first kappa shape index (κ1) is 20.2. The number of rotatable bonds is 8. The largest absolute Gasteiger partial charge is 0.493 e. The van der Waals surface area contributed by atoms with Gasteiger partial charge in [0.15, 0.2) is 11.5 Å². The van der Waals surface area contributed by atoms with Gasteiger partial charge in [-0.3, -0.25) is 9.59 Å². The Hall–Kier alpha value is -3.55. The lowest BCUT2D eigenvalue weighted by Crippen LogP contribution is -2.34. The lowest BCUT2D eigenvalue weighted by Gasteiger charge is -2.12. The molecule has 152 valence electrons. The van der Waals surface area contributed by atoms with Crippen molar-refractivity contribution < 1.29 is 18.8 Å². The Labute approximate surface area is 168 Å². The molecule has 1 amide bonds. The summed E-state index contributed by atoms with van der Waals surface area (Å²) in [5.74, 6) is 0.861. The molecule has 0 spiro atoms. The zero-order valence-electron chi connectivity index (χ0n) is 16.6. The average Bonchev–Trinajstić information content (AvgIpc) is 3.25. The monoisotopic (exact) mass is 397 g/mol. The van der Waals surface area contributed by atoms with E-state index in [-0.39, 0.29) is 17.7 Å². The molecule has 1 N–H and O–H groups in total. The van der Waals surface area contributed by atoms with Gasteiger partial charge in [0.25, 0.3) is 11.5 Å². The fourth-order valence-corrected chi connectivity index (χ4v) is 2.99. The summed E-state index contributed by atoms with van der Waals surface area (Å²) in [7, 11) is 3.16. The number of hydrogen-bond donors (Lipinski definition) is 1. The molecule has 8 heteroatoms. The number of benzene rings is 1. The SMILES string of the molecule is COc1ccc(CCn2ccc(C)c(C(=O)NCc3cnoc3)c2=O)cc1OC. The van der Waals surface area contributed by atoms with Gasteiger partial charge >= 0.3 is 0 Å². The molecule has 0 saturated heterocycles. The molecular weight excluding hydrogens is 374 g/mol. The quantitative estimate of drug-likeness (QED) is 0.627. The maximum Gasteiger partial charge on any atom is 0.263 e. The molecule has 0 unspecified atom stereocenters. The lowest BCUT2D eigenvalue weighted by atomic mass is 10.1. The standard InChI is InChI=1S/C21H23N3O5/c1-14-6-8-24(9-7-15-4-5-17(27-2)18(10-15)28-3)21(26)19(14)20(25)22-11-16-12-23-29-13-16/h4-6,8,10,12-13H,7,9,11H2,1-3H3,(H,22,25). The number of amides is 1. The van der Waals surface area contributed by atoms with Crippen molar-refractivity contribution in [3.8, 4) is 11.5 Å². The zero-order chi connectivity index (χ0) is 20.8. The third-order valence-electron chi connectivity index (χ3n) is 4.63. The Morgan fingerprint density at radius 1 is 1.17 bits per heavy atom. The van der Waals surface area contributed by atoms with E-state index in [1.165, 1.54) is 17.0 Å². The molecule has 0 aliphatic carbocycles. The minimum atomic E-state index is -0.422. The van der Waals surface area contributed by atoms with Crippen molar-refractivity contribution in [2.75, 3.05) is 14.2 Å². The fraction of sp³-hybridized carbons (Fsp3) is 0.286. The minimum absolute atomic E-state index is 0.135. The van der Waals surface area contributed by atoms with Gasteiger partial charge in [-0.25, -0.2) is 0 Å². The molecule has 29 heavy (non-hydrogen) atoms. The maximum atomic E-state index is 12.9. The molecule has 0 bridgehead atoms. The fourth-order valence-electron chi connectivity index (χ4n) is 2.99. The first-order valence-electron chi connectivity index (χ1n) is 9.11. The number of carbonyl (C=O) groups is 1. The van der Waals surface area contributed by atoms with Gasteiger partial charge in [0.05, 0.1) is 20.4 Å². The van der Waals surface area contributed by atoms with Crippen molar-refractivity contribution in [3.63, 3.8) is 0 Å². The summed E-state index contributed by atoms with van der Waals surface area (Å²) in [6.07, 6.45) is 5.26. The van der Waals surface area contributed by atoms with Crippen LogP contribution in [0.4, 0.5) is 0 Å². The first-order chi connectivity index (χ1) is 14.0. The van der Waals surface area contributed by atoms with Crippen LogP contribution in [0.25, 0.3) is 0 Å². The molecule has 1 aromatic carbocycles. The Bertz CT molecular complexity index is 1040. The highest BCUT2D eigenvalue weighted by atomic mass is 16.5. The van der Waals surface area contributed by atoms with Gasteiger partial charge in [-0.15, -0.1) is 0 Å². The van der Waals surface area contributed by atoms with E-state index in [0.29, 0.717) is 30.0 Å². The van der Waals surface area contributed by atoms with Crippen molar-refractivity contribution in [3.05, 3.63) is 75.5 Å². The van der Waals surface area contributed by atoms with E-state index in [2.05, 4.69) is 10.5 Å². The summed E-state index contributed by atoms with van der Waals surface area (Å²) in [4.78, 5) is 25.4. The molecule has 0 radical (unpaired) electrons. The van der Waals surface area contributed by atoms with E-state index in [4.69, 9.17) is 14.0 Å². The molecule has 0 atom stereocenters. The van der Waals surface area contributed by atoms with Crippen LogP contribution in [0.3, 0.4) is 0 Å². The van der Waals surface area contributed by atoms with Gasteiger partial charge in [-0.2, -0.15) is 0 Å². The van der Waals surface area contributed by atoms with E-state index in [1.54, 1.807) is 33.4 Å². The summed E-state index contributed by atoms with van der Waals surface area (Å²) in [5, 5.41) is 6.32. The number of nitrogens with zero attached hydrogens (tertiary/aromatic N) is 2. The summed E-state index contributed by atoms with van der Waals surface area (Å²) in [5.41, 5.74) is 2.15. The van der Waals surface area contributed by atoms with E-state index in [1.807, 2.05) is 18.2 Å². The Balaban J connectivity index is 1.74. The molecule has 3 rings (SSSR count). The van der Waals surface area contributed by atoms with Gasteiger partial charge in [0.2, 0.25) is 0 Å². The van der Waals surface area contributed by atoms with Crippen LogP contribution in [0.2, 0.25) is 0 Å². The van der Waals surface area contributed by atoms with Crippen LogP contribution in [0, 0.1) is 6.92 Å². The first-order valence-corrected chi connectivity index (χ1v) is 9.11. The summed E-state index contributed by atoms with van der Waals surface area (Å²) >= 11 is 0. The summed E-state index contributed by atoms with van der Waals surface area (Å²) < 4.78 is 16.8. The van der Waals surface area contributed by atoms with Crippen molar-refractivity contribution in [2.24, 2.45) is 0 Å². The number of hydrogen-bond acceptors (Lipinski definition) is 6. The highest BCUT2D eigenvalue weighted by molar-refractivity contribution is 5.95. The van der Waals surface area contributed by atoms with Crippen LogP contribution in [-0.4, -0.2) is 29.9 Å². The van der Waals surface area contributed by atoms with Crippen LogP contribution in [0.5, 0.6) is 11.5 Å². The molecule has 3 aromatic rings. The third kappa shape index (κ3) is 4.66. The zero-order valence-corrected chi connectivity index (χ0v) is 16.6. The second kappa shape index (κ2) is 9.09. The molecular formula is C21H23N3O5. The Morgan fingerprint density at radius 3 is 2.66 bits per heavy atom. The normalized spacial score (nSPS) is 10.6. The van der Waals surface area contributed by atoms with Crippen molar-refractivity contribution in [2.45, 2.75) is 26.4 Å². The van der Waals surface area contributed by atoms with Gasteiger partial charge in [0, 0.05) is 24.8 Å². The highest BCUT2D eigenvalue weighted by Gasteiger charge is 2.16. The number of nitrogens with one attached hydrogen (secondary N) is 1. The number of carbonyl (C=O) groups excluding carboxylic acids is 1. The smallest absolute Gasteiger partial charge is 0.263 e. The number of aryl methyl sites for hydroxylation is 3. The van der Waals surface area contributed by atoms with Crippen LogP contribution in [-0.2, 0) is 19.5 Å². The molecule has 2 aromatic heterocycles. The molecule has 0 fully saturated rings. The van der Waals surface area contributed by atoms with Crippen LogP contribution < -0.4 is 20.3 Å². The number of ether oxygens (including phenoxy) is 2. The van der Waals surface area contributed by atoms with Crippen molar-refractivity contribution in [1.82, 2.24) is 15.0 Å². The molecule has 0 aliphatic rings. The number of aromatic nitrogens is 2. The van der Waals surface area contributed by atoms with Crippen molar-refractivity contribution >= 4 is 5.91 Å². The van der Waals surface area contributed by atoms with Gasteiger partial charge in [-0.05, 0) is 42.7 Å². The van der Waals surface area contributed by atoms with E-state index < -0.39 is 5.91 Å². The molecule has 0 aliphatic heterocycles. The highest BCUT2D eigenvalue weighted by Crippen LogP contribution is 2.27. The van der Waals surface area contributed by atoms with E-state index >= 15 is 0 Å². The topological polar surface area (TPSA) is 95.6 Å². The molecule has 0 saturated carbocycles.